The van der Waals surface area contributed by atoms with Gasteiger partial charge in [-0.1, -0.05) is 151 Å². The van der Waals surface area contributed by atoms with Crippen molar-refractivity contribution in [3.8, 4) is 5.75 Å². The molecule has 0 spiro atoms. The summed E-state index contributed by atoms with van der Waals surface area (Å²) in [5.74, 6) is 0.836. The molecule has 0 heterocycles. The second kappa shape index (κ2) is 22.2. The summed E-state index contributed by atoms with van der Waals surface area (Å²) in [5, 5.41) is 0. The van der Waals surface area contributed by atoms with Gasteiger partial charge in [0.2, 0.25) is 0 Å². The van der Waals surface area contributed by atoms with E-state index >= 15 is 0 Å². The van der Waals surface area contributed by atoms with Gasteiger partial charge >= 0.3 is 0 Å². The third kappa shape index (κ3) is 11.5. The van der Waals surface area contributed by atoms with Crippen LogP contribution in [-0.2, 0) is 6.42 Å². The van der Waals surface area contributed by atoms with Crippen LogP contribution in [0.25, 0.3) is 24.3 Å². The number of nitrogens with zero attached hydrogens (tertiary/aromatic N) is 3. The fourth-order valence-corrected chi connectivity index (χ4v) is 8.67. The summed E-state index contributed by atoms with van der Waals surface area (Å²) in [6, 6.07) is 78.6. The van der Waals surface area contributed by atoms with Crippen LogP contribution in [0.5, 0.6) is 5.75 Å². The molecule has 0 radical (unpaired) electrons. The van der Waals surface area contributed by atoms with E-state index in [0.29, 0.717) is 0 Å². The van der Waals surface area contributed by atoms with Gasteiger partial charge < -0.3 is 19.4 Å². The standard InChI is InChI=1S/C66H61N3O/c1-6-7-8-52-19-35-60(36-20-52)69(63-41-25-55(26-42-63)17-15-53-21-37-61(38-22-53)67(57-29-9-49(2)10-30-57)58-31-11-50(3)12-32-58)64-43-27-56(28-44-64)18-16-54-23-39-62(40-24-54)68(59-33-13-51(4)14-34-59)65-45-47-66(70-5)48-46-65/h9-48H,6-8H2,1-5H3/b17-15+,18-16+. The Morgan fingerprint density at radius 3 is 0.786 bits per heavy atom. The first-order valence-electron chi connectivity index (χ1n) is 24.4. The van der Waals surface area contributed by atoms with Crippen LogP contribution in [0.2, 0.25) is 0 Å². The minimum atomic E-state index is 0.836. The SMILES string of the molecule is CCCCc1ccc(N(c2ccc(/C=C/c3ccc(N(c4ccc(C)cc4)c4ccc(C)cc4)cc3)cc2)c2ccc(/C=C/c3ccc(N(c4ccc(C)cc4)c4ccc(OC)cc4)cc3)cc2)cc1. The van der Waals surface area contributed by atoms with Crippen LogP contribution in [-0.4, -0.2) is 7.11 Å². The molecule has 0 saturated heterocycles. The maximum atomic E-state index is 5.45. The molecule has 0 fully saturated rings. The first kappa shape index (κ1) is 46.8. The van der Waals surface area contributed by atoms with Gasteiger partial charge in [-0.2, -0.15) is 0 Å². The van der Waals surface area contributed by atoms with E-state index in [-0.39, 0.29) is 0 Å². The van der Waals surface area contributed by atoms with Crippen LogP contribution in [0.4, 0.5) is 51.2 Å². The van der Waals surface area contributed by atoms with E-state index in [1.54, 1.807) is 7.11 Å². The maximum absolute atomic E-state index is 5.45. The highest BCUT2D eigenvalue weighted by Crippen LogP contribution is 2.39. The lowest BCUT2D eigenvalue weighted by Gasteiger charge is -2.26. The zero-order valence-corrected chi connectivity index (χ0v) is 41.0. The minimum Gasteiger partial charge on any atom is -0.497 e. The van der Waals surface area contributed by atoms with E-state index in [9.17, 15) is 0 Å². The smallest absolute Gasteiger partial charge is 0.119 e. The second-order valence-electron chi connectivity index (χ2n) is 18.0. The van der Waals surface area contributed by atoms with Crippen LogP contribution in [0.1, 0.15) is 64.3 Å². The molecule has 0 aliphatic heterocycles. The molecule has 0 unspecified atom stereocenters. The van der Waals surface area contributed by atoms with Gasteiger partial charge in [0, 0.05) is 51.2 Å². The fourth-order valence-electron chi connectivity index (χ4n) is 8.67. The Labute approximate surface area is 415 Å². The largest absolute Gasteiger partial charge is 0.497 e. The molecular weight excluding hydrogens is 851 g/mol. The Kier molecular flexibility index (Phi) is 14.8. The van der Waals surface area contributed by atoms with E-state index in [0.717, 1.165) is 85.6 Å². The van der Waals surface area contributed by atoms with Gasteiger partial charge in [0.15, 0.2) is 0 Å². The number of hydrogen-bond acceptors (Lipinski definition) is 4. The van der Waals surface area contributed by atoms with Gasteiger partial charge in [-0.3, -0.25) is 0 Å². The van der Waals surface area contributed by atoms with Gasteiger partial charge in [0.25, 0.3) is 0 Å². The van der Waals surface area contributed by atoms with Crippen LogP contribution in [0, 0.1) is 20.8 Å². The lowest BCUT2D eigenvalue weighted by atomic mass is 10.1. The van der Waals surface area contributed by atoms with Crippen molar-refractivity contribution in [3.05, 3.63) is 263 Å². The van der Waals surface area contributed by atoms with Crippen molar-refractivity contribution in [2.75, 3.05) is 21.8 Å². The summed E-state index contributed by atoms with van der Waals surface area (Å²) in [4.78, 5) is 6.93. The molecule has 9 aromatic rings. The molecule has 70 heavy (non-hydrogen) atoms. The molecule has 9 aromatic carbocycles. The Balaban J connectivity index is 0.921. The Morgan fingerprint density at radius 2 is 0.543 bits per heavy atom. The summed E-state index contributed by atoms with van der Waals surface area (Å²) < 4.78 is 5.45. The van der Waals surface area contributed by atoms with Crippen LogP contribution in [0.3, 0.4) is 0 Å². The van der Waals surface area contributed by atoms with E-state index in [4.69, 9.17) is 4.74 Å². The molecule has 9 rings (SSSR count). The zero-order valence-electron chi connectivity index (χ0n) is 41.0. The normalized spacial score (nSPS) is 11.3. The van der Waals surface area contributed by atoms with Gasteiger partial charge in [-0.25, -0.2) is 0 Å². The van der Waals surface area contributed by atoms with Gasteiger partial charge in [-0.15, -0.1) is 0 Å². The number of ether oxygens (including phenoxy) is 1. The summed E-state index contributed by atoms with van der Waals surface area (Å²) in [6.07, 6.45) is 12.2. The van der Waals surface area contributed by atoms with Crippen molar-refractivity contribution in [1.82, 2.24) is 0 Å². The van der Waals surface area contributed by atoms with Crippen molar-refractivity contribution in [3.63, 3.8) is 0 Å². The molecule has 0 amide bonds. The predicted molar refractivity (Wildman–Crippen MR) is 301 cm³/mol. The van der Waals surface area contributed by atoms with Crippen LogP contribution in [0.15, 0.2) is 218 Å². The molecule has 4 nitrogen and oxygen atoms in total. The quantitative estimate of drug-likeness (QED) is 0.0847. The molecule has 0 N–H and O–H groups in total. The van der Waals surface area contributed by atoms with Gasteiger partial charge in [-0.05, 0) is 183 Å². The molecule has 0 bridgehead atoms. The third-order valence-electron chi connectivity index (χ3n) is 12.8. The Hall–Kier alpha value is -8.34. The van der Waals surface area contributed by atoms with E-state index in [1.165, 1.54) is 35.1 Å². The van der Waals surface area contributed by atoms with Gasteiger partial charge in [0.05, 0.1) is 7.11 Å². The van der Waals surface area contributed by atoms with Crippen LogP contribution < -0.4 is 19.4 Å². The number of methoxy groups -OCH3 is 1. The van der Waals surface area contributed by atoms with Gasteiger partial charge in [0.1, 0.15) is 5.75 Å². The van der Waals surface area contributed by atoms with Crippen LogP contribution >= 0.6 is 0 Å². The lowest BCUT2D eigenvalue weighted by molar-refractivity contribution is 0.415. The van der Waals surface area contributed by atoms with Crippen molar-refractivity contribution < 1.29 is 4.74 Å². The first-order chi connectivity index (χ1) is 34.3. The molecule has 4 heteroatoms. The van der Waals surface area contributed by atoms with Crippen molar-refractivity contribution >= 4 is 75.5 Å². The highest BCUT2D eigenvalue weighted by Gasteiger charge is 2.16. The average molecular weight is 912 g/mol. The predicted octanol–water partition coefficient (Wildman–Crippen LogP) is 18.7. The molecule has 0 aromatic heterocycles. The summed E-state index contributed by atoms with van der Waals surface area (Å²) >= 11 is 0. The molecule has 0 atom stereocenters. The Bertz CT molecular complexity index is 3070. The topological polar surface area (TPSA) is 19.0 Å². The highest BCUT2D eigenvalue weighted by molar-refractivity contribution is 5.82. The number of aryl methyl sites for hydroxylation is 4. The number of benzene rings is 9. The minimum absolute atomic E-state index is 0.836. The third-order valence-corrected chi connectivity index (χ3v) is 12.8. The summed E-state index contributed by atoms with van der Waals surface area (Å²) in [6.45, 7) is 8.62. The van der Waals surface area contributed by atoms with Crippen molar-refractivity contribution in [1.29, 1.82) is 0 Å². The number of unbranched alkanes of at least 4 members (excludes halogenated alkanes) is 1. The fraction of sp³-hybridized carbons (Fsp3) is 0.121. The molecule has 0 aliphatic rings. The number of hydrogen-bond donors (Lipinski definition) is 0. The van der Waals surface area contributed by atoms with Crippen molar-refractivity contribution in [2.45, 2.75) is 47.0 Å². The lowest BCUT2D eigenvalue weighted by Crippen LogP contribution is -2.10. The summed E-state index contributed by atoms with van der Waals surface area (Å²) in [7, 11) is 1.70. The molecule has 0 aliphatic carbocycles. The number of rotatable bonds is 17. The zero-order chi connectivity index (χ0) is 48.2. The highest BCUT2D eigenvalue weighted by atomic mass is 16.5. The van der Waals surface area contributed by atoms with E-state index < -0.39 is 0 Å². The average Bonchev–Trinajstić information content (AvgIpc) is 3.40. The monoisotopic (exact) mass is 911 g/mol. The molecule has 0 saturated carbocycles. The van der Waals surface area contributed by atoms with E-state index in [2.05, 4.69) is 273 Å². The number of anilines is 9. The first-order valence-corrected chi connectivity index (χ1v) is 24.4. The summed E-state index contributed by atoms with van der Waals surface area (Å²) in [5.41, 5.74) is 19.6. The maximum Gasteiger partial charge on any atom is 0.119 e. The molecular formula is C66H61N3O. The molecule has 346 valence electrons. The van der Waals surface area contributed by atoms with E-state index in [1.807, 2.05) is 12.1 Å². The van der Waals surface area contributed by atoms with Crippen molar-refractivity contribution in [2.24, 2.45) is 0 Å². The Morgan fingerprint density at radius 1 is 0.314 bits per heavy atom. The second-order valence-corrected chi connectivity index (χ2v) is 18.0.